The van der Waals surface area contributed by atoms with Crippen molar-refractivity contribution < 1.29 is 19.4 Å². The minimum absolute atomic E-state index is 0.0495. The molecule has 0 spiro atoms. The first kappa shape index (κ1) is 22.7. The number of hydrogen-bond donors (Lipinski definition) is 1. The molecule has 1 heterocycles. The molecule has 178 valence electrons. The molecule has 0 aromatic heterocycles. The molecule has 2 fully saturated rings. The van der Waals surface area contributed by atoms with Gasteiger partial charge in [-0.1, -0.05) is 41.9 Å². The molecule has 0 saturated heterocycles. The molecule has 2 saturated carbocycles. The van der Waals surface area contributed by atoms with Gasteiger partial charge in [-0.25, -0.2) is 0 Å². The Kier molecular flexibility index (Phi) is 6.13. The lowest BCUT2D eigenvalue weighted by Gasteiger charge is -2.55. The molecule has 2 unspecified atom stereocenters. The van der Waals surface area contributed by atoms with E-state index >= 15 is 0 Å². The monoisotopic (exact) mass is 451 g/mol. The van der Waals surface area contributed by atoms with Gasteiger partial charge in [-0.15, -0.1) is 0 Å². The third kappa shape index (κ3) is 3.55. The zero-order valence-electron chi connectivity index (χ0n) is 20.2. The minimum Gasteiger partial charge on any atom is -0.501 e. The van der Waals surface area contributed by atoms with Crippen molar-refractivity contribution in [1.82, 2.24) is 0 Å². The summed E-state index contributed by atoms with van der Waals surface area (Å²) in [5, 5.41) is 12.1. The summed E-state index contributed by atoms with van der Waals surface area (Å²) in [7, 11) is 1.89. The van der Waals surface area contributed by atoms with Crippen molar-refractivity contribution in [2.24, 2.45) is 22.4 Å². The first-order valence-electron chi connectivity index (χ1n) is 12.5. The van der Waals surface area contributed by atoms with Gasteiger partial charge < -0.3 is 19.4 Å². The Bertz CT molecular complexity index is 965. The number of hydrogen-bond acceptors (Lipinski definition) is 5. The van der Waals surface area contributed by atoms with Crippen LogP contribution >= 0.6 is 0 Å². The predicted octanol–water partition coefficient (Wildman–Crippen LogP) is 5.83. The van der Waals surface area contributed by atoms with Crippen LogP contribution in [0.25, 0.3) is 0 Å². The SMILES string of the molecule is CCOC[C@]1(OC)CCC2C3CCC4=COCCC4=C3[C@@H](c3ccc(C=NO)cc3)C[C@@]21C. The summed E-state index contributed by atoms with van der Waals surface area (Å²) in [5.41, 5.74) is 6.70. The van der Waals surface area contributed by atoms with E-state index in [1.165, 1.54) is 30.2 Å². The molecule has 0 bridgehead atoms. The average molecular weight is 452 g/mol. The highest BCUT2D eigenvalue weighted by Crippen LogP contribution is 2.67. The molecule has 1 aliphatic heterocycles. The van der Waals surface area contributed by atoms with Crippen molar-refractivity contribution in [1.29, 1.82) is 0 Å². The van der Waals surface area contributed by atoms with E-state index in [0.717, 1.165) is 44.5 Å². The lowest BCUT2D eigenvalue weighted by molar-refractivity contribution is -0.154. The van der Waals surface area contributed by atoms with Gasteiger partial charge in [0.05, 0.1) is 31.3 Å². The molecule has 4 aliphatic rings. The summed E-state index contributed by atoms with van der Waals surface area (Å²) in [6, 6.07) is 8.57. The Balaban J connectivity index is 1.62. The highest BCUT2D eigenvalue weighted by molar-refractivity contribution is 5.79. The Hall–Kier alpha value is -2.11. The van der Waals surface area contributed by atoms with Crippen LogP contribution in [0.4, 0.5) is 0 Å². The van der Waals surface area contributed by atoms with Gasteiger partial charge in [0.25, 0.3) is 0 Å². The van der Waals surface area contributed by atoms with Crippen LogP contribution in [0.3, 0.4) is 0 Å². The summed E-state index contributed by atoms with van der Waals surface area (Å²) in [6.07, 6.45) is 10.2. The second-order valence-corrected chi connectivity index (χ2v) is 10.4. The third-order valence-corrected chi connectivity index (χ3v) is 9.24. The predicted molar refractivity (Wildman–Crippen MR) is 129 cm³/mol. The molecular weight excluding hydrogens is 414 g/mol. The number of benzene rings is 1. The zero-order chi connectivity index (χ0) is 23.1. The second kappa shape index (κ2) is 8.92. The maximum Gasteiger partial charge on any atom is 0.0967 e. The standard InChI is InChI=1S/C28H37NO4/c1-4-32-18-28(31-3)13-11-25-23-10-9-21-17-33-14-12-22(21)26(23)24(15-27(25,28)2)20-7-5-19(6-8-20)16-29-30/h5-8,16-17,23-25,30H,4,9-15,18H2,1-3H3/t23?,24-,25?,27+,28-/m1/s1. The van der Waals surface area contributed by atoms with E-state index in [4.69, 9.17) is 19.4 Å². The van der Waals surface area contributed by atoms with E-state index < -0.39 is 0 Å². The summed E-state index contributed by atoms with van der Waals surface area (Å²) in [5.74, 6) is 1.54. The van der Waals surface area contributed by atoms with Crippen molar-refractivity contribution in [3.63, 3.8) is 0 Å². The van der Waals surface area contributed by atoms with E-state index in [2.05, 4.69) is 43.3 Å². The van der Waals surface area contributed by atoms with E-state index in [9.17, 15) is 0 Å². The smallest absolute Gasteiger partial charge is 0.0967 e. The fraction of sp³-hybridized carbons (Fsp3) is 0.607. The van der Waals surface area contributed by atoms with Gasteiger partial charge in [0.15, 0.2) is 0 Å². The molecule has 3 aliphatic carbocycles. The van der Waals surface area contributed by atoms with Crippen LogP contribution in [0.5, 0.6) is 0 Å². The Morgan fingerprint density at radius 2 is 2.03 bits per heavy atom. The third-order valence-electron chi connectivity index (χ3n) is 9.24. The highest BCUT2D eigenvalue weighted by Gasteiger charge is 2.63. The van der Waals surface area contributed by atoms with E-state index in [0.29, 0.717) is 24.4 Å². The Morgan fingerprint density at radius 3 is 2.76 bits per heavy atom. The molecule has 1 aromatic carbocycles. The lowest BCUT2D eigenvalue weighted by Crippen LogP contribution is -2.54. The number of fused-ring (bicyclic) bond motifs is 4. The maximum atomic E-state index is 8.93. The normalized spacial score (nSPS) is 35.6. The van der Waals surface area contributed by atoms with Crippen LogP contribution in [0.15, 0.2) is 52.4 Å². The number of ether oxygens (including phenoxy) is 3. The molecule has 1 aromatic rings. The van der Waals surface area contributed by atoms with Crippen LogP contribution < -0.4 is 0 Å². The number of rotatable bonds is 6. The van der Waals surface area contributed by atoms with Gasteiger partial charge in [-0.05, 0) is 73.1 Å². The van der Waals surface area contributed by atoms with Gasteiger partial charge in [-0.3, -0.25) is 0 Å². The summed E-state index contributed by atoms with van der Waals surface area (Å²) in [6.45, 7) is 6.71. The number of allylic oxidation sites excluding steroid dienone is 2. The van der Waals surface area contributed by atoms with Crippen LogP contribution in [0.2, 0.25) is 0 Å². The first-order valence-corrected chi connectivity index (χ1v) is 12.5. The summed E-state index contributed by atoms with van der Waals surface area (Å²) >= 11 is 0. The van der Waals surface area contributed by atoms with Gasteiger partial charge in [0.1, 0.15) is 0 Å². The molecule has 1 N–H and O–H groups in total. The van der Waals surface area contributed by atoms with Crippen LogP contribution in [0, 0.1) is 17.3 Å². The van der Waals surface area contributed by atoms with Crippen molar-refractivity contribution in [3.05, 3.63) is 58.4 Å². The molecular formula is C28H37NO4. The quantitative estimate of drug-likeness (QED) is 0.336. The van der Waals surface area contributed by atoms with Gasteiger partial charge >= 0.3 is 0 Å². The molecule has 5 heteroatoms. The van der Waals surface area contributed by atoms with Crippen LogP contribution in [0.1, 0.15) is 69.4 Å². The van der Waals surface area contributed by atoms with Gasteiger partial charge in [-0.2, -0.15) is 0 Å². The molecule has 5 nitrogen and oxygen atoms in total. The van der Waals surface area contributed by atoms with Gasteiger partial charge in [0, 0.05) is 31.5 Å². The van der Waals surface area contributed by atoms with Crippen molar-refractivity contribution in [2.75, 3.05) is 26.9 Å². The maximum absolute atomic E-state index is 8.93. The molecule has 0 amide bonds. The average Bonchev–Trinajstić information content (AvgIpc) is 3.15. The summed E-state index contributed by atoms with van der Waals surface area (Å²) in [4.78, 5) is 0. The molecule has 33 heavy (non-hydrogen) atoms. The second-order valence-electron chi connectivity index (χ2n) is 10.4. The molecule has 5 rings (SSSR count). The fourth-order valence-corrected chi connectivity index (χ4v) is 7.59. The highest BCUT2D eigenvalue weighted by atomic mass is 16.5. The lowest BCUT2D eigenvalue weighted by atomic mass is 9.51. The van der Waals surface area contributed by atoms with E-state index in [1.807, 2.05) is 13.4 Å². The van der Waals surface area contributed by atoms with Crippen molar-refractivity contribution in [2.45, 2.75) is 63.9 Å². The minimum atomic E-state index is -0.239. The Labute approximate surface area is 197 Å². The first-order chi connectivity index (χ1) is 16.1. The molecule has 5 atom stereocenters. The van der Waals surface area contributed by atoms with Crippen LogP contribution in [-0.4, -0.2) is 44.0 Å². The Morgan fingerprint density at radius 1 is 1.21 bits per heavy atom. The topological polar surface area (TPSA) is 60.3 Å². The van der Waals surface area contributed by atoms with E-state index in [-0.39, 0.29) is 11.0 Å². The van der Waals surface area contributed by atoms with Crippen molar-refractivity contribution in [3.8, 4) is 0 Å². The number of nitrogens with zero attached hydrogens (tertiary/aromatic N) is 1. The summed E-state index contributed by atoms with van der Waals surface area (Å²) < 4.78 is 18.1. The zero-order valence-corrected chi connectivity index (χ0v) is 20.2. The van der Waals surface area contributed by atoms with E-state index in [1.54, 1.807) is 11.1 Å². The fourth-order valence-electron chi connectivity index (χ4n) is 7.59. The number of oxime groups is 1. The number of methoxy groups -OCH3 is 1. The van der Waals surface area contributed by atoms with Gasteiger partial charge in [0.2, 0.25) is 0 Å². The van der Waals surface area contributed by atoms with Crippen molar-refractivity contribution >= 4 is 6.21 Å². The van der Waals surface area contributed by atoms with Crippen LogP contribution in [-0.2, 0) is 14.2 Å². The molecule has 0 radical (unpaired) electrons. The largest absolute Gasteiger partial charge is 0.501 e.